The molecule has 2 heterocycles. The predicted octanol–water partition coefficient (Wildman–Crippen LogP) is 5.70. The van der Waals surface area contributed by atoms with Gasteiger partial charge in [0, 0.05) is 28.5 Å². The van der Waals surface area contributed by atoms with Crippen LogP contribution in [0.4, 0.5) is 0 Å². The van der Waals surface area contributed by atoms with Gasteiger partial charge in [0.15, 0.2) is 5.76 Å². The zero-order valence-corrected chi connectivity index (χ0v) is 17.8. The van der Waals surface area contributed by atoms with Crippen molar-refractivity contribution >= 4 is 51.7 Å². The Morgan fingerprint density at radius 3 is 2.83 bits per heavy atom. The first-order chi connectivity index (χ1) is 14.2. The summed E-state index contributed by atoms with van der Waals surface area (Å²) >= 11 is 13.8. The van der Waals surface area contributed by atoms with Crippen LogP contribution in [0.25, 0.3) is 22.4 Å². The Hall–Kier alpha value is -2.38. The standard InChI is InChI=1S/C21H17Cl2N3O2S/c1-27-9-8-24-21-26(25-12-15-6-7-16(22)11-17(15)23)18(13-29-21)20-10-14-4-2-3-5-19(14)28-20/h2-7,10-13H,8-9H2,1H3/b24-21?,25-12+. The highest BCUT2D eigenvalue weighted by atomic mass is 35.5. The maximum Gasteiger partial charge on any atom is 0.206 e. The largest absolute Gasteiger partial charge is 0.454 e. The summed E-state index contributed by atoms with van der Waals surface area (Å²) in [7, 11) is 1.65. The quantitative estimate of drug-likeness (QED) is 0.282. The third kappa shape index (κ3) is 4.46. The minimum Gasteiger partial charge on any atom is -0.454 e. The zero-order chi connectivity index (χ0) is 20.2. The Bertz CT molecular complexity index is 1210. The highest BCUT2D eigenvalue weighted by Crippen LogP contribution is 2.28. The number of ether oxygens (including phenoxy) is 1. The zero-order valence-electron chi connectivity index (χ0n) is 15.5. The van der Waals surface area contributed by atoms with Crippen LogP contribution in [0.5, 0.6) is 0 Å². The van der Waals surface area contributed by atoms with Crippen molar-refractivity contribution in [1.82, 2.24) is 4.68 Å². The normalized spacial score (nSPS) is 12.4. The van der Waals surface area contributed by atoms with Gasteiger partial charge in [-0.25, -0.2) is 4.68 Å². The summed E-state index contributed by atoms with van der Waals surface area (Å²) in [6.45, 7) is 1.07. The first-order valence-electron chi connectivity index (χ1n) is 8.84. The van der Waals surface area contributed by atoms with Crippen LogP contribution in [0.1, 0.15) is 5.56 Å². The third-order valence-electron chi connectivity index (χ3n) is 4.18. The molecular weight excluding hydrogens is 429 g/mol. The minimum absolute atomic E-state index is 0.528. The first kappa shape index (κ1) is 19.9. The van der Waals surface area contributed by atoms with Gasteiger partial charge in [0.1, 0.15) is 11.3 Å². The molecule has 0 spiro atoms. The average molecular weight is 446 g/mol. The topological polar surface area (TPSA) is 52.0 Å². The molecule has 0 radical (unpaired) electrons. The van der Waals surface area contributed by atoms with Crippen molar-refractivity contribution in [3.8, 4) is 11.5 Å². The van der Waals surface area contributed by atoms with Gasteiger partial charge < -0.3 is 9.15 Å². The molecule has 2 aromatic carbocycles. The molecular formula is C21H17Cl2N3O2S. The maximum atomic E-state index is 6.28. The molecule has 0 unspecified atom stereocenters. The number of furan rings is 1. The van der Waals surface area contributed by atoms with Gasteiger partial charge in [-0.3, -0.25) is 4.99 Å². The van der Waals surface area contributed by atoms with Crippen LogP contribution in [0.15, 0.2) is 68.4 Å². The first-order valence-corrected chi connectivity index (χ1v) is 10.5. The van der Waals surface area contributed by atoms with E-state index >= 15 is 0 Å². The van der Waals surface area contributed by atoms with Crippen molar-refractivity contribution in [1.29, 1.82) is 0 Å². The van der Waals surface area contributed by atoms with E-state index in [0.717, 1.165) is 32.8 Å². The molecule has 0 fully saturated rings. The summed E-state index contributed by atoms with van der Waals surface area (Å²) < 4.78 is 12.9. The lowest BCUT2D eigenvalue weighted by Crippen LogP contribution is -2.13. The van der Waals surface area contributed by atoms with E-state index in [-0.39, 0.29) is 0 Å². The van der Waals surface area contributed by atoms with E-state index in [0.29, 0.717) is 23.2 Å². The Kier molecular flexibility index (Phi) is 6.16. The number of fused-ring (bicyclic) bond motifs is 1. The average Bonchev–Trinajstić information content (AvgIpc) is 3.31. The van der Waals surface area contributed by atoms with Gasteiger partial charge in [0.05, 0.1) is 24.4 Å². The Morgan fingerprint density at radius 2 is 2.03 bits per heavy atom. The summed E-state index contributed by atoms with van der Waals surface area (Å²) in [6, 6.07) is 15.2. The van der Waals surface area contributed by atoms with Crippen molar-refractivity contribution < 1.29 is 9.15 Å². The van der Waals surface area contributed by atoms with Crippen LogP contribution in [0, 0.1) is 0 Å². The second-order valence-corrected chi connectivity index (χ2v) is 7.83. The summed E-state index contributed by atoms with van der Waals surface area (Å²) in [5, 5.41) is 8.74. The smallest absolute Gasteiger partial charge is 0.206 e. The van der Waals surface area contributed by atoms with Gasteiger partial charge in [-0.15, -0.1) is 11.3 Å². The lowest BCUT2D eigenvalue weighted by molar-refractivity contribution is 0.207. The molecule has 0 saturated heterocycles. The van der Waals surface area contributed by atoms with E-state index < -0.39 is 0 Å². The molecule has 2 aromatic heterocycles. The van der Waals surface area contributed by atoms with Crippen molar-refractivity contribution in [3.05, 3.63) is 74.3 Å². The molecule has 0 aliphatic rings. The lowest BCUT2D eigenvalue weighted by Gasteiger charge is -2.02. The molecule has 0 bridgehead atoms. The molecule has 0 atom stereocenters. The third-order valence-corrected chi connectivity index (χ3v) is 5.60. The van der Waals surface area contributed by atoms with Gasteiger partial charge >= 0.3 is 0 Å². The number of thiazole rings is 1. The van der Waals surface area contributed by atoms with Crippen molar-refractivity contribution in [3.63, 3.8) is 0 Å². The number of para-hydroxylation sites is 1. The number of hydrogen-bond donors (Lipinski definition) is 0. The number of aromatic nitrogens is 1. The maximum absolute atomic E-state index is 6.28. The Morgan fingerprint density at radius 1 is 1.17 bits per heavy atom. The van der Waals surface area contributed by atoms with E-state index in [1.54, 1.807) is 30.1 Å². The van der Waals surface area contributed by atoms with Gasteiger partial charge in [-0.2, -0.15) is 5.10 Å². The van der Waals surface area contributed by atoms with E-state index in [9.17, 15) is 0 Å². The fraction of sp³-hybridized carbons (Fsp3) is 0.143. The molecule has 4 aromatic rings. The van der Waals surface area contributed by atoms with Gasteiger partial charge in [0.2, 0.25) is 4.80 Å². The molecule has 4 rings (SSSR count). The summed E-state index contributed by atoms with van der Waals surface area (Å²) in [4.78, 5) is 5.33. The fourth-order valence-corrected chi connectivity index (χ4v) is 4.06. The summed E-state index contributed by atoms with van der Waals surface area (Å²) in [5.41, 5.74) is 2.39. The summed E-state index contributed by atoms with van der Waals surface area (Å²) in [6.07, 6.45) is 1.69. The molecule has 0 aliphatic carbocycles. The second kappa shape index (κ2) is 8.97. The predicted molar refractivity (Wildman–Crippen MR) is 119 cm³/mol. The van der Waals surface area contributed by atoms with E-state index in [2.05, 4.69) is 10.1 Å². The molecule has 5 nitrogen and oxygen atoms in total. The van der Waals surface area contributed by atoms with Crippen LogP contribution in [-0.2, 0) is 4.74 Å². The molecule has 0 N–H and O–H groups in total. The molecule has 29 heavy (non-hydrogen) atoms. The summed E-state index contributed by atoms with van der Waals surface area (Å²) in [5.74, 6) is 0.718. The van der Waals surface area contributed by atoms with Gasteiger partial charge in [0.25, 0.3) is 0 Å². The van der Waals surface area contributed by atoms with Crippen LogP contribution in [0.2, 0.25) is 10.0 Å². The fourth-order valence-electron chi connectivity index (χ4n) is 2.76. The van der Waals surface area contributed by atoms with Gasteiger partial charge in [-0.05, 0) is 24.3 Å². The minimum atomic E-state index is 0.528. The van der Waals surface area contributed by atoms with Crippen molar-refractivity contribution in [2.75, 3.05) is 20.3 Å². The Balaban J connectivity index is 1.79. The molecule has 8 heteroatoms. The number of nitrogens with zero attached hydrogens (tertiary/aromatic N) is 3. The second-order valence-electron chi connectivity index (χ2n) is 6.15. The molecule has 148 valence electrons. The highest BCUT2D eigenvalue weighted by molar-refractivity contribution is 7.07. The van der Waals surface area contributed by atoms with Gasteiger partial charge in [-0.1, -0.05) is 47.5 Å². The molecule has 0 aliphatic heterocycles. The number of benzene rings is 2. The SMILES string of the molecule is COCCN=c1scc(-c2cc3ccccc3o2)n1/N=C/c1ccc(Cl)cc1Cl. The van der Waals surface area contributed by atoms with Crippen LogP contribution < -0.4 is 4.80 Å². The van der Waals surface area contributed by atoms with Crippen LogP contribution in [0.3, 0.4) is 0 Å². The van der Waals surface area contributed by atoms with E-state index in [1.807, 2.05) is 41.8 Å². The highest BCUT2D eigenvalue weighted by Gasteiger charge is 2.13. The van der Waals surface area contributed by atoms with Crippen molar-refractivity contribution in [2.45, 2.75) is 0 Å². The van der Waals surface area contributed by atoms with Crippen LogP contribution >= 0.6 is 34.5 Å². The number of halogens is 2. The monoisotopic (exact) mass is 445 g/mol. The van der Waals surface area contributed by atoms with Crippen LogP contribution in [-0.4, -0.2) is 31.2 Å². The number of hydrogen-bond acceptors (Lipinski definition) is 5. The Labute approximate surface area is 181 Å². The van der Waals surface area contributed by atoms with E-state index in [4.69, 9.17) is 32.4 Å². The van der Waals surface area contributed by atoms with Crippen molar-refractivity contribution in [2.24, 2.45) is 10.1 Å². The lowest BCUT2D eigenvalue weighted by atomic mass is 10.2. The van der Waals surface area contributed by atoms with E-state index in [1.165, 1.54) is 11.3 Å². The number of methoxy groups -OCH3 is 1. The number of rotatable bonds is 6. The molecule has 0 saturated carbocycles. The molecule has 0 amide bonds.